The predicted molar refractivity (Wildman–Crippen MR) is 126 cm³/mol. The number of hydrogen-bond donors (Lipinski definition) is 4. The second-order valence-electron chi connectivity index (χ2n) is 7.45. The van der Waals surface area contributed by atoms with Crippen molar-refractivity contribution in [3.8, 4) is 0 Å². The molecule has 8 nitrogen and oxygen atoms in total. The molecule has 0 saturated heterocycles. The summed E-state index contributed by atoms with van der Waals surface area (Å²) in [5, 5.41) is 19.9. The highest BCUT2D eigenvalue weighted by Gasteiger charge is 2.26. The molecule has 1 amide bonds. The van der Waals surface area contributed by atoms with Crippen molar-refractivity contribution in [2.24, 2.45) is 10.9 Å². The molecule has 0 aliphatic carbocycles. The van der Waals surface area contributed by atoms with E-state index in [1.165, 1.54) is 0 Å². The number of hydrogen-bond acceptors (Lipinski definition) is 5. The van der Waals surface area contributed by atoms with Crippen LogP contribution in [0, 0.1) is 12.8 Å². The molecular formula is C20H37IN4O4. The van der Waals surface area contributed by atoms with E-state index in [-0.39, 0.29) is 36.6 Å². The van der Waals surface area contributed by atoms with Gasteiger partial charge in [0.25, 0.3) is 0 Å². The van der Waals surface area contributed by atoms with Crippen molar-refractivity contribution in [2.75, 3.05) is 26.2 Å². The minimum Gasteiger partial charge on any atom is -0.463 e. The first-order valence-electron chi connectivity index (χ1n) is 9.92. The topological polar surface area (TPSA) is 108 Å². The third-order valence-corrected chi connectivity index (χ3v) is 4.03. The molecule has 0 aliphatic heterocycles. The van der Waals surface area contributed by atoms with Crippen LogP contribution in [0.4, 0.5) is 4.79 Å². The van der Waals surface area contributed by atoms with E-state index in [2.05, 4.69) is 34.8 Å². The molecule has 0 saturated carbocycles. The van der Waals surface area contributed by atoms with E-state index in [1.807, 2.05) is 19.9 Å². The number of nitrogens with one attached hydrogen (secondary N) is 3. The van der Waals surface area contributed by atoms with E-state index in [4.69, 9.17) is 9.15 Å². The maximum atomic E-state index is 11.8. The summed E-state index contributed by atoms with van der Waals surface area (Å²) >= 11 is 0. The minimum atomic E-state index is -1.21. The lowest BCUT2D eigenvalue weighted by Crippen LogP contribution is -2.48. The lowest BCUT2D eigenvalue weighted by Gasteiger charge is -2.23. The number of amides is 1. The molecule has 2 atom stereocenters. The summed E-state index contributed by atoms with van der Waals surface area (Å²) in [6.07, 6.45) is 0.377. The Bertz CT molecular complexity index is 632. The molecular weight excluding hydrogens is 487 g/mol. The van der Waals surface area contributed by atoms with Crippen molar-refractivity contribution < 1.29 is 19.1 Å². The molecule has 1 heterocycles. The van der Waals surface area contributed by atoms with Gasteiger partial charge in [-0.15, -0.1) is 24.0 Å². The number of aliphatic imine (C=N–C) groups is 1. The molecule has 1 aromatic heterocycles. The molecule has 1 rings (SSSR count). The van der Waals surface area contributed by atoms with E-state index < -0.39 is 11.7 Å². The molecule has 1 aromatic rings. The summed E-state index contributed by atoms with van der Waals surface area (Å²) in [4.78, 5) is 16.2. The van der Waals surface area contributed by atoms with Crippen LogP contribution in [0.1, 0.15) is 52.6 Å². The number of halogens is 1. The fraction of sp³-hybridized carbons (Fsp3) is 0.700. The number of rotatable bonds is 10. The van der Waals surface area contributed by atoms with E-state index >= 15 is 0 Å². The molecule has 4 N–H and O–H groups in total. The first-order chi connectivity index (χ1) is 13.2. The number of aliphatic hydroxyl groups is 1. The fourth-order valence-electron chi connectivity index (χ4n) is 2.70. The lowest BCUT2D eigenvalue weighted by atomic mass is 10.0. The van der Waals surface area contributed by atoms with Crippen LogP contribution in [0.5, 0.6) is 0 Å². The van der Waals surface area contributed by atoms with Crippen LogP contribution in [0.15, 0.2) is 21.5 Å². The van der Waals surface area contributed by atoms with Gasteiger partial charge in [0.2, 0.25) is 0 Å². The second-order valence-corrected chi connectivity index (χ2v) is 7.45. The highest BCUT2D eigenvalue weighted by Crippen LogP contribution is 2.23. The van der Waals surface area contributed by atoms with Crippen LogP contribution in [0.2, 0.25) is 0 Å². The van der Waals surface area contributed by atoms with Crippen molar-refractivity contribution in [1.82, 2.24) is 16.0 Å². The van der Waals surface area contributed by atoms with Gasteiger partial charge in [-0.1, -0.05) is 13.8 Å². The number of nitrogens with zero attached hydrogens (tertiary/aromatic N) is 1. The zero-order valence-electron chi connectivity index (χ0n) is 18.4. The summed E-state index contributed by atoms with van der Waals surface area (Å²) < 4.78 is 10.5. The smallest absolute Gasteiger partial charge is 0.407 e. The standard InChI is InChI=1S/C20H36N4O4.HI/c1-7-21-18(23-13-20(6,26)17-10-9-15(5)28-17)22-12-16(11-14(3)4)24-19(25)27-8-2;/h9-10,14,16,26H,7-8,11-13H2,1-6H3,(H,24,25)(H2,21,22,23);1H. The molecule has 9 heteroatoms. The Morgan fingerprint density at radius 1 is 1.31 bits per heavy atom. The van der Waals surface area contributed by atoms with Crippen LogP contribution in [0.25, 0.3) is 0 Å². The largest absolute Gasteiger partial charge is 0.463 e. The number of furan rings is 1. The Balaban J connectivity index is 0.00000784. The van der Waals surface area contributed by atoms with E-state index in [0.717, 1.165) is 12.2 Å². The third-order valence-electron chi connectivity index (χ3n) is 4.03. The number of ether oxygens (including phenoxy) is 1. The highest BCUT2D eigenvalue weighted by molar-refractivity contribution is 14.0. The van der Waals surface area contributed by atoms with Crippen LogP contribution in [-0.4, -0.2) is 49.4 Å². The Kier molecular flexibility index (Phi) is 13.0. The number of aryl methyl sites for hydroxylation is 1. The van der Waals surface area contributed by atoms with Crippen molar-refractivity contribution in [2.45, 2.75) is 59.6 Å². The SMILES string of the molecule is CCNC(=NCC(C)(O)c1ccc(C)o1)NCC(CC(C)C)NC(=O)OCC.I. The first kappa shape index (κ1) is 27.5. The summed E-state index contributed by atoms with van der Waals surface area (Å²) in [5.74, 6) is 2.19. The molecule has 0 aromatic carbocycles. The van der Waals surface area contributed by atoms with Crippen LogP contribution in [0.3, 0.4) is 0 Å². The van der Waals surface area contributed by atoms with Crippen molar-refractivity contribution in [1.29, 1.82) is 0 Å². The van der Waals surface area contributed by atoms with Crippen molar-refractivity contribution >= 4 is 36.0 Å². The van der Waals surface area contributed by atoms with E-state index in [1.54, 1.807) is 19.9 Å². The Hall–Kier alpha value is -1.49. The second kappa shape index (κ2) is 13.7. The summed E-state index contributed by atoms with van der Waals surface area (Å²) in [6, 6.07) is 3.47. The normalized spacial score (nSPS) is 14.6. The van der Waals surface area contributed by atoms with Gasteiger partial charge in [-0.05, 0) is 52.2 Å². The van der Waals surface area contributed by atoms with Gasteiger partial charge in [0.15, 0.2) is 5.96 Å². The number of guanidine groups is 1. The van der Waals surface area contributed by atoms with Crippen LogP contribution >= 0.6 is 24.0 Å². The molecule has 29 heavy (non-hydrogen) atoms. The van der Waals surface area contributed by atoms with Crippen LogP contribution < -0.4 is 16.0 Å². The Morgan fingerprint density at radius 2 is 2.00 bits per heavy atom. The monoisotopic (exact) mass is 524 g/mol. The average molecular weight is 524 g/mol. The molecule has 2 unspecified atom stereocenters. The zero-order valence-corrected chi connectivity index (χ0v) is 20.7. The molecule has 0 aliphatic rings. The van der Waals surface area contributed by atoms with Gasteiger partial charge >= 0.3 is 6.09 Å². The molecule has 168 valence electrons. The van der Waals surface area contributed by atoms with E-state index in [0.29, 0.717) is 37.3 Å². The number of alkyl carbamates (subject to hydrolysis) is 1. The average Bonchev–Trinajstić information content (AvgIpc) is 3.04. The predicted octanol–water partition coefficient (Wildman–Crippen LogP) is 3.13. The zero-order chi connectivity index (χ0) is 21.2. The van der Waals surface area contributed by atoms with Gasteiger partial charge in [0.05, 0.1) is 13.2 Å². The fourth-order valence-corrected chi connectivity index (χ4v) is 2.70. The minimum absolute atomic E-state index is 0. The van der Waals surface area contributed by atoms with Gasteiger partial charge in [-0.3, -0.25) is 0 Å². The summed E-state index contributed by atoms with van der Waals surface area (Å²) in [6.45, 7) is 13.1. The van der Waals surface area contributed by atoms with Crippen molar-refractivity contribution in [3.63, 3.8) is 0 Å². The summed E-state index contributed by atoms with van der Waals surface area (Å²) in [5.41, 5.74) is -1.21. The Morgan fingerprint density at radius 3 is 2.52 bits per heavy atom. The molecule has 0 fully saturated rings. The van der Waals surface area contributed by atoms with Crippen LogP contribution in [-0.2, 0) is 10.3 Å². The maximum absolute atomic E-state index is 11.8. The maximum Gasteiger partial charge on any atom is 0.407 e. The third kappa shape index (κ3) is 10.7. The molecule has 0 radical (unpaired) electrons. The van der Waals surface area contributed by atoms with Gasteiger partial charge in [0, 0.05) is 19.1 Å². The van der Waals surface area contributed by atoms with Gasteiger partial charge in [-0.25, -0.2) is 9.79 Å². The number of carbonyl (C=O) groups is 1. The van der Waals surface area contributed by atoms with E-state index in [9.17, 15) is 9.90 Å². The van der Waals surface area contributed by atoms with Gasteiger partial charge in [-0.2, -0.15) is 0 Å². The Labute approximate surface area is 191 Å². The first-order valence-corrected chi connectivity index (χ1v) is 9.92. The van der Waals surface area contributed by atoms with Crippen molar-refractivity contribution in [3.05, 3.63) is 23.7 Å². The number of carbonyl (C=O) groups excluding carboxylic acids is 1. The molecule has 0 bridgehead atoms. The molecule has 0 spiro atoms. The van der Waals surface area contributed by atoms with Gasteiger partial charge < -0.3 is 30.2 Å². The highest BCUT2D eigenvalue weighted by atomic mass is 127. The summed E-state index contributed by atoms with van der Waals surface area (Å²) in [7, 11) is 0. The lowest BCUT2D eigenvalue weighted by molar-refractivity contribution is 0.0428. The van der Waals surface area contributed by atoms with Gasteiger partial charge in [0.1, 0.15) is 17.1 Å². The quantitative estimate of drug-likeness (QED) is 0.213.